The van der Waals surface area contributed by atoms with Crippen molar-refractivity contribution < 1.29 is 14.3 Å². The number of nitrogens with one attached hydrogen (secondary N) is 1. The van der Waals surface area contributed by atoms with Gasteiger partial charge in [-0.15, -0.1) is 11.3 Å². The minimum atomic E-state index is -0.313. The Hall–Kier alpha value is -2.73. The zero-order chi connectivity index (χ0) is 17.6. The number of aryl methyl sites for hydroxylation is 1. The predicted molar refractivity (Wildman–Crippen MR) is 99.0 cm³/mol. The highest BCUT2D eigenvalue weighted by atomic mass is 32.1. The first-order chi connectivity index (χ1) is 12.2. The quantitative estimate of drug-likeness (QED) is 0.678. The monoisotopic (exact) mass is 354 g/mol. The van der Waals surface area contributed by atoms with Crippen LogP contribution >= 0.6 is 11.3 Å². The van der Waals surface area contributed by atoms with Crippen LogP contribution < -0.4 is 5.32 Å². The molecule has 5 nitrogen and oxygen atoms in total. The number of ether oxygens (including phenoxy) is 1. The lowest BCUT2D eigenvalue weighted by atomic mass is 10.1. The third-order valence-electron chi connectivity index (χ3n) is 3.67. The number of hydrogen-bond donors (Lipinski definition) is 1. The van der Waals surface area contributed by atoms with Crippen LogP contribution in [0, 0.1) is 0 Å². The molecule has 0 aliphatic rings. The van der Waals surface area contributed by atoms with E-state index in [4.69, 9.17) is 4.74 Å². The van der Waals surface area contributed by atoms with Crippen molar-refractivity contribution in [2.45, 2.75) is 19.8 Å². The van der Waals surface area contributed by atoms with Crippen molar-refractivity contribution >= 4 is 39.0 Å². The summed E-state index contributed by atoms with van der Waals surface area (Å²) in [6, 6.07) is 11.2. The second kappa shape index (κ2) is 7.90. The second-order valence-electron chi connectivity index (χ2n) is 5.49. The van der Waals surface area contributed by atoms with Gasteiger partial charge in [0, 0.05) is 29.2 Å². The summed E-state index contributed by atoms with van der Waals surface area (Å²) in [7, 11) is 0. The van der Waals surface area contributed by atoms with E-state index in [9.17, 15) is 9.59 Å². The highest BCUT2D eigenvalue weighted by Crippen LogP contribution is 2.28. The first-order valence-corrected chi connectivity index (χ1v) is 8.87. The largest absolute Gasteiger partial charge is 0.462 e. The number of hydrogen-bond acceptors (Lipinski definition) is 5. The van der Waals surface area contributed by atoms with E-state index in [-0.39, 0.29) is 11.9 Å². The lowest BCUT2D eigenvalue weighted by Gasteiger charge is -2.05. The van der Waals surface area contributed by atoms with Crippen molar-refractivity contribution in [2.24, 2.45) is 0 Å². The number of pyridine rings is 1. The summed E-state index contributed by atoms with van der Waals surface area (Å²) in [5, 5.41) is 3.82. The topological polar surface area (TPSA) is 68.3 Å². The van der Waals surface area contributed by atoms with Crippen molar-refractivity contribution in [3.05, 3.63) is 59.2 Å². The van der Waals surface area contributed by atoms with Gasteiger partial charge in [0.1, 0.15) is 4.88 Å². The number of carbonyl (C=O) groups excluding carboxylic acids is 2. The molecule has 0 atom stereocenters. The molecule has 0 saturated heterocycles. The smallest absolute Gasteiger partial charge is 0.348 e. The number of nitrogens with zero attached hydrogens (tertiary/aromatic N) is 1. The number of esters is 1. The van der Waals surface area contributed by atoms with Gasteiger partial charge in [-0.1, -0.05) is 0 Å². The highest BCUT2D eigenvalue weighted by molar-refractivity contribution is 7.20. The van der Waals surface area contributed by atoms with Crippen molar-refractivity contribution in [1.29, 1.82) is 0 Å². The van der Waals surface area contributed by atoms with Crippen molar-refractivity contribution in [1.82, 2.24) is 4.98 Å². The summed E-state index contributed by atoms with van der Waals surface area (Å²) >= 11 is 1.39. The van der Waals surface area contributed by atoms with Crippen LogP contribution in [-0.2, 0) is 16.0 Å². The van der Waals surface area contributed by atoms with E-state index in [1.807, 2.05) is 30.3 Å². The fraction of sp³-hybridized carbons (Fsp3) is 0.211. The molecule has 128 valence electrons. The summed E-state index contributed by atoms with van der Waals surface area (Å²) in [4.78, 5) is 28.5. The van der Waals surface area contributed by atoms with Gasteiger partial charge in [-0.05, 0) is 60.7 Å². The number of anilines is 1. The molecule has 2 aromatic heterocycles. The van der Waals surface area contributed by atoms with E-state index >= 15 is 0 Å². The molecule has 1 N–H and O–H groups in total. The third kappa shape index (κ3) is 4.42. The second-order valence-corrected chi connectivity index (χ2v) is 6.57. The Bertz CT molecular complexity index is 890. The van der Waals surface area contributed by atoms with Gasteiger partial charge in [0.2, 0.25) is 5.91 Å². The highest BCUT2D eigenvalue weighted by Gasteiger charge is 2.12. The Kier molecular flexibility index (Phi) is 5.40. The van der Waals surface area contributed by atoms with Crippen molar-refractivity contribution in [3.63, 3.8) is 0 Å². The lowest BCUT2D eigenvalue weighted by molar-refractivity contribution is -0.116. The Labute approximate surface area is 149 Å². The van der Waals surface area contributed by atoms with Gasteiger partial charge in [0.25, 0.3) is 0 Å². The average molecular weight is 354 g/mol. The molecule has 0 bridgehead atoms. The average Bonchev–Trinajstić information content (AvgIpc) is 3.04. The Morgan fingerprint density at radius 3 is 2.72 bits per heavy atom. The van der Waals surface area contributed by atoms with Gasteiger partial charge in [-0.2, -0.15) is 0 Å². The maximum atomic E-state index is 12.1. The van der Waals surface area contributed by atoms with Crippen LogP contribution in [0.3, 0.4) is 0 Å². The van der Waals surface area contributed by atoms with Gasteiger partial charge in [-0.3, -0.25) is 9.78 Å². The SMILES string of the molecule is CCOC(=O)c1cc2cc(NC(=O)CCc3ccncc3)ccc2s1. The van der Waals surface area contributed by atoms with Crippen molar-refractivity contribution in [2.75, 3.05) is 11.9 Å². The van der Waals surface area contributed by atoms with Crippen LogP contribution in [0.2, 0.25) is 0 Å². The Morgan fingerprint density at radius 2 is 1.96 bits per heavy atom. The molecule has 0 radical (unpaired) electrons. The molecule has 0 spiro atoms. The molecule has 0 aliphatic carbocycles. The summed E-state index contributed by atoms with van der Waals surface area (Å²) in [6.07, 6.45) is 4.51. The van der Waals surface area contributed by atoms with Crippen molar-refractivity contribution in [3.8, 4) is 0 Å². The minimum Gasteiger partial charge on any atom is -0.462 e. The van der Waals surface area contributed by atoms with E-state index in [1.54, 1.807) is 25.4 Å². The van der Waals surface area contributed by atoms with Gasteiger partial charge in [0.05, 0.1) is 6.61 Å². The van der Waals surface area contributed by atoms with Crippen LogP contribution in [0.4, 0.5) is 5.69 Å². The van der Waals surface area contributed by atoms with E-state index in [0.29, 0.717) is 24.3 Å². The normalized spacial score (nSPS) is 10.6. The molecule has 2 heterocycles. The van der Waals surface area contributed by atoms with E-state index in [2.05, 4.69) is 10.3 Å². The number of amides is 1. The zero-order valence-corrected chi connectivity index (χ0v) is 14.6. The molecule has 25 heavy (non-hydrogen) atoms. The molecule has 1 amide bonds. The summed E-state index contributed by atoms with van der Waals surface area (Å²) in [5.74, 6) is -0.358. The molecule has 6 heteroatoms. The van der Waals surface area contributed by atoms with Crippen LogP contribution in [0.15, 0.2) is 48.8 Å². The Balaban J connectivity index is 1.65. The van der Waals surface area contributed by atoms with E-state index in [0.717, 1.165) is 21.3 Å². The van der Waals surface area contributed by atoms with E-state index < -0.39 is 0 Å². The molecule has 0 unspecified atom stereocenters. The van der Waals surface area contributed by atoms with Crippen LogP contribution in [0.1, 0.15) is 28.6 Å². The molecule has 0 fully saturated rings. The Morgan fingerprint density at radius 1 is 1.16 bits per heavy atom. The number of rotatable bonds is 6. The maximum Gasteiger partial charge on any atom is 0.348 e. The summed E-state index contributed by atoms with van der Waals surface area (Å²) in [5.41, 5.74) is 1.80. The number of aromatic nitrogens is 1. The maximum absolute atomic E-state index is 12.1. The van der Waals surface area contributed by atoms with Crippen LogP contribution in [-0.4, -0.2) is 23.5 Å². The van der Waals surface area contributed by atoms with Crippen LogP contribution in [0.5, 0.6) is 0 Å². The molecular weight excluding hydrogens is 336 g/mol. The number of carbonyl (C=O) groups is 2. The van der Waals surface area contributed by atoms with E-state index in [1.165, 1.54) is 11.3 Å². The first kappa shape index (κ1) is 17.1. The fourth-order valence-corrected chi connectivity index (χ4v) is 3.39. The fourth-order valence-electron chi connectivity index (χ4n) is 2.45. The molecule has 3 rings (SSSR count). The molecular formula is C19H18N2O3S. The standard InChI is InChI=1S/C19H18N2O3S/c1-2-24-19(23)17-12-14-11-15(4-5-16(14)25-17)21-18(22)6-3-13-7-9-20-10-8-13/h4-5,7-12H,2-3,6H2,1H3,(H,21,22). The third-order valence-corrected chi connectivity index (χ3v) is 4.76. The lowest BCUT2D eigenvalue weighted by Crippen LogP contribution is -2.12. The minimum absolute atomic E-state index is 0.0444. The molecule has 0 saturated carbocycles. The molecule has 0 aliphatic heterocycles. The summed E-state index contributed by atoms with van der Waals surface area (Å²) in [6.45, 7) is 2.14. The van der Waals surface area contributed by atoms with Gasteiger partial charge < -0.3 is 10.1 Å². The van der Waals surface area contributed by atoms with Gasteiger partial charge in [-0.25, -0.2) is 4.79 Å². The van der Waals surface area contributed by atoms with Gasteiger partial charge >= 0.3 is 5.97 Å². The molecule has 3 aromatic rings. The number of fused-ring (bicyclic) bond motifs is 1. The zero-order valence-electron chi connectivity index (χ0n) is 13.8. The predicted octanol–water partition coefficient (Wildman–Crippen LogP) is 4.04. The van der Waals surface area contributed by atoms with Gasteiger partial charge in [0.15, 0.2) is 0 Å². The number of thiophene rings is 1. The molecule has 1 aromatic carbocycles. The first-order valence-electron chi connectivity index (χ1n) is 8.05. The summed E-state index contributed by atoms with van der Waals surface area (Å²) < 4.78 is 6.01. The number of benzene rings is 1. The van der Waals surface area contributed by atoms with Crippen LogP contribution in [0.25, 0.3) is 10.1 Å².